The molecule has 2 aromatic rings. The van der Waals surface area contributed by atoms with Gasteiger partial charge in [0, 0.05) is 51.1 Å². The fraction of sp³-hybridized carbons (Fsp3) is 0.545. The predicted octanol–water partition coefficient (Wildman–Crippen LogP) is 2.89. The van der Waals surface area contributed by atoms with E-state index >= 15 is 0 Å². The quantitative estimate of drug-likeness (QED) is 0.538. The molecule has 1 aliphatic heterocycles. The van der Waals surface area contributed by atoms with Gasteiger partial charge in [-0.1, -0.05) is 24.3 Å². The highest BCUT2D eigenvalue weighted by Crippen LogP contribution is 2.16. The lowest BCUT2D eigenvalue weighted by Crippen LogP contribution is -2.40. The van der Waals surface area contributed by atoms with Gasteiger partial charge in [-0.15, -0.1) is 11.3 Å². The molecular weight excluding hydrogens is 382 g/mol. The first-order chi connectivity index (χ1) is 14.0. The van der Waals surface area contributed by atoms with Gasteiger partial charge in [0.15, 0.2) is 5.96 Å². The van der Waals surface area contributed by atoms with Gasteiger partial charge in [-0.25, -0.2) is 4.98 Å². The lowest BCUT2D eigenvalue weighted by Gasteiger charge is -2.31. The van der Waals surface area contributed by atoms with Gasteiger partial charge in [0.25, 0.3) is 0 Å². The summed E-state index contributed by atoms with van der Waals surface area (Å²) in [6, 6.07) is 8.78. The number of guanidine groups is 1. The molecule has 1 saturated heterocycles. The SMILES string of the molecule is CN=C(NCCc1nc(C)c(C)s1)NCc1cccc(CN2CCOC(C)C2)c1. The molecule has 0 aliphatic carbocycles. The molecule has 29 heavy (non-hydrogen) atoms. The maximum atomic E-state index is 5.64. The first kappa shape index (κ1) is 21.7. The summed E-state index contributed by atoms with van der Waals surface area (Å²) in [6.45, 7) is 11.7. The second-order valence-corrected chi connectivity index (χ2v) is 8.88. The number of rotatable bonds is 7. The fourth-order valence-corrected chi connectivity index (χ4v) is 4.40. The predicted molar refractivity (Wildman–Crippen MR) is 121 cm³/mol. The largest absolute Gasteiger partial charge is 0.376 e. The normalized spacial score (nSPS) is 18.1. The number of thiazole rings is 1. The van der Waals surface area contributed by atoms with Gasteiger partial charge in [0.2, 0.25) is 0 Å². The highest BCUT2D eigenvalue weighted by atomic mass is 32.1. The van der Waals surface area contributed by atoms with Crippen LogP contribution in [-0.4, -0.2) is 55.2 Å². The zero-order valence-electron chi connectivity index (χ0n) is 18.0. The molecular formula is C22H33N5OS. The van der Waals surface area contributed by atoms with Gasteiger partial charge in [-0.2, -0.15) is 0 Å². The minimum absolute atomic E-state index is 0.320. The summed E-state index contributed by atoms with van der Waals surface area (Å²) in [4.78, 5) is 12.7. The minimum Gasteiger partial charge on any atom is -0.376 e. The van der Waals surface area contributed by atoms with Crippen molar-refractivity contribution in [3.05, 3.63) is 51.0 Å². The Balaban J connectivity index is 1.45. The first-order valence-corrected chi connectivity index (χ1v) is 11.1. The molecule has 6 nitrogen and oxygen atoms in total. The average Bonchev–Trinajstić information content (AvgIpc) is 3.02. The van der Waals surface area contributed by atoms with Gasteiger partial charge in [-0.3, -0.25) is 9.89 Å². The summed E-state index contributed by atoms with van der Waals surface area (Å²) < 4.78 is 5.64. The molecule has 2 N–H and O–H groups in total. The van der Waals surface area contributed by atoms with E-state index in [4.69, 9.17) is 4.74 Å². The Labute approximate surface area is 178 Å². The number of morpholine rings is 1. The van der Waals surface area contributed by atoms with Crippen LogP contribution in [0.3, 0.4) is 0 Å². The number of benzene rings is 1. The number of ether oxygens (including phenoxy) is 1. The third kappa shape index (κ3) is 6.80. The van der Waals surface area contributed by atoms with Crippen LogP contribution in [0.5, 0.6) is 0 Å². The van der Waals surface area contributed by atoms with Gasteiger partial charge >= 0.3 is 0 Å². The molecule has 1 atom stereocenters. The summed E-state index contributed by atoms with van der Waals surface area (Å²) in [5.74, 6) is 0.822. The molecule has 1 fully saturated rings. The molecule has 0 bridgehead atoms. The molecule has 1 aromatic carbocycles. The third-order valence-corrected chi connectivity index (χ3v) is 6.24. The Morgan fingerprint density at radius 2 is 2.14 bits per heavy atom. The van der Waals surface area contributed by atoms with Crippen LogP contribution < -0.4 is 10.6 Å². The van der Waals surface area contributed by atoms with Crippen molar-refractivity contribution in [1.82, 2.24) is 20.5 Å². The highest BCUT2D eigenvalue weighted by Gasteiger charge is 2.16. The summed E-state index contributed by atoms with van der Waals surface area (Å²) >= 11 is 1.78. The van der Waals surface area contributed by atoms with Crippen molar-refractivity contribution < 1.29 is 4.74 Å². The summed E-state index contributed by atoms with van der Waals surface area (Å²) in [6.07, 6.45) is 1.23. The van der Waals surface area contributed by atoms with Crippen LogP contribution in [0.2, 0.25) is 0 Å². The highest BCUT2D eigenvalue weighted by molar-refractivity contribution is 7.11. The molecule has 0 spiro atoms. The number of nitrogens with one attached hydrogen (secondary N) is 2. The molecule has 0 radical (unpaired) electrons. The summed E-state index contributed by atoms with van der Waals surface area (Å²) in [5, 5.41) is 7.97. The van der Waals surface area contributed by atoms with E-state index in [1.807, 2.05) is 7.05 Å². The first-order valence-electron chi connectivity index (χ1n) is 10.3. The lowest BCUT2D eigenvalue weighted by molar-refractivity contribution is -0.0212. The van der Waals surface area contributed by atoms with E-state index in [0.717, 1.165) is 57.4 Å². The van der Waals surface area contributed by atoms with Crippen molar-refractivity contribution in [3.8, 4) is 0 Å². The molecule has 0 amide bonds. The zero-order chi connectivity index (χ0) is 20.6. The molecule has 1 aromatic heterocycles. The van der Waals surface area contributed by atoms with E-state index in [2.05, 4.69) is 70.5 Å². The fourth-order valence-electron chi connectivity index (χ4n) is 3.47. The molecule has 158 valence electrons. The molecule has 2 heterocycles. The van der Waals surface area contributed by atoms with Gasteiger partial charge in [0.05, 0.1) is 23.4 Å². The van der Waals surface area contributed by atoms with E-state index in [0.29, 0.717) is 6.10 Å². The number of hydrogen-bond donors (Lipinski definition) is 2. The van der Waals surface area contributed by atoms with Crippen LogP contribution >= 0.6 is 11.3 Å². The Morgan fingerprint density at radius 1 is 1.31 bits per heavy atom. The third-order valence-electron chi connectivity index (χ3n) is 5.11. The van der Waals surface area contributed by atoms with Crippen molar-refractivity contribution >= 4 is 17.3 Å². The minimum atomic E-state index is 0.320. The Hall–Kier alpha value is -1.96. The van der Waals surface area contributed by atoms with Crippen molar-refractivity contribution in [2.45, 2.75) is 46.4 Å². The molecule has 1 aliphatic rings. The number of nitrogens with zero attached hydrogens (tertiary/aromatic N) is 3. The molecule has 0 saturated carbocycles. The number of aliphatic imine (C=N–C) groups is 1. The second kappa shape index (κ2) is 10.7. The summed E-state index contributed by atoms with van der Waals surface area (Å²) in [5.41, 5.74) is 3.74. The lowest BCUT2D eigenvalue weighted by atomic mass is 10.1. The monoisotopic (exact) mass is 415 g/mol. The van der Waals surface area contributed by atoms with E-state index in [9.17, 15) is 0 Å². The van der Waals surface area contributed by atoms with Crippen LogP contribution in [-0.2, 0) is 24.2 Å². The van der Waals surface area contributed by atoms with Crippen molar-refractivity contribution in [3.63, 3.8) is 0 Å². The smallest absolute Gasteiger partial charge is 0.191 e. The van der Waals surface area contributed by atoms with Crippen molar-refractivity contribution in [2.75, 3.05) is 33.3 Å². The number of aryl methyl sites for hydroxylation is 2. The number of aromatic nitrogens is 1. The zero-order valence-corrected chi connectivity index (χ0v) is 18.8. The van der Waals surface area contributed by atoms with Crippen LogP contribution in [0, 0.1) is 13.8 Å². The van der Waals surface area contributed by atoms with E-state index in [-0.39, 0.29) is 0 Å². The van der Waals surface area contributed by atoms with Crippen LogP contribution in [0.25, 0.3) is 0 Å². The molecule has 1 unspecified atom stereocenters. The summed E-state index contributed by atoms with van der Waals surface area (Å²) in [7, 11) is 1.81. The van der Waals surface area contributed by atoms with Crippen molar-refractivity contribution in [2.24, 2.45) is 4.99 Å². The maximum absolute atomic E-state index is 5.64. The van der Waals surface area contributed by atoms with Crippen LogP contribution in [0.15, 0.2) is 29.3 Å². The van der Waals surface area contributed by atoms with Gasteiger partial charge in [0.1, 0.15) is 0 Å². The Kier molecular flexibility index (Phi) is 8.03. The maximum Gasteiger partial charge on any atom is 0.191 e. The van der Waals surface area contributed by atoms with E-state index in [1.165, 1.54) is 21.0 Å². The average molecular weight is 416 g/mol. The molecule has 3 rings (SSSR count). The van der Waals surface area contributed by atoms with Gasteiger partial charge < -0.3 is 15.4 Å². The van der Waals surface area contributed by atoms with Gasteiger partial charge in [-0.05, 0) is 31.9 Å². The Morgan fingerprint density at radius 3 is 2.86 bits per heavy atom. The van der Waals surface area contributed by atoms with Crippen molar-refractivity contribution in [1.29, 1.82) is 0 Å². The van der Waals surface area contributed by atoms with Crippen LogP contribution in [0.4, 0.5) is 0 Å². The standard InChI is InChI=1S/C22H33N5OS/c1-16-14-27(10-11-28-16)15-20-7-5-6-19(12-20)13-25-22(23-4)24-9-8-21-26-17(2)18(3)29-21/h5-7,12,16H,8-11,13-15H2,1-4H3,(H2,23,24,25). The van der Waals surface area contributed by atoms with E-state index < -0.39 is 0 Å². The number of hydrogen-bond acceptors (Lipinski definition) is 5. The Bertz CT molecular complexity index is 800. The van der Waals surface area contributed by atoms with E-state index in [1.54, 1.807) is 11.3 Å². The van der Waals surface area contributed by atoms with Crippen LogP contribution in [0.1, 0.15) is 33.6 Å². The topological polar surface area (TPSA) is 61.8 Å². The molecule has 7 heteroatoms. The second-order valence-electron chi connectivity index (χ2n) is 7.59.